The number of nitrogens with zero attached hydrogens (tertiary/aromatic N) is 11. The molecule has 4 aliphatic rings. The van der Waals surface area contributed by atoms with E-state index in [1.54, 1.807) is 17.0 Å². The number of hydrogen-bond acceptors (Lipinski definition) is 15. The zero-order valence-electron chi connectivity index (χ0n) is 46.5. The van der Waals surface area contributed by atoms with Gasteiger partial charge in [0.2, 0.25) is 17.6 Å². The Morgan fingerprint density at radius 3 is 2.42 bits per heavy atom. The Bertz CT molecular complexity index is 3430. The number of ether oxygens (including phenoxy) is 2. The van der Waals surface area contributed by atoms with Crippen LogP contribution in [0.4, 0.5) is 24.7 Å². The van der Waals surface area contributed by atoms with Crippen molar-refractivity contribution >= 4 is 51.6 Å². The normalized spacial score (nSPS) is 18.8. The number of anilines is 2. The molecule has 3 saturated heterocycles. The number of piperazine rings is 1. The van der Waals surface area contributed by atoms with Gasteiger partial charge in [0.1, 0.15) is 37.1 Å². The fourth-order valence-corrected chi connectivity index (χ4v) is 12.1. The van der Waals surface area contributed by atoms with Gasteiger partial charge in [-0.15, -0.1) is 10.2 Å². The van der Waals surface area contributed by atoms with E-state index in [0.29, 0.717) is 87.9 Å². The number of fused-ring (bicyclic) bond motifs is 2. The number of carbonyl (C=O) groups excluding carboxylic acids is 3. The minimum Gasteiger partial charge on any atom is -0.508 e. The van der Waals surface area contributed by atoms with Gasteiger partial charge >= 0.3 is 12.2 Å². The van der Waals surface area contributed by atoms with Crippen LogP contribution in [0.25, 0.3) is 27.8 Å². The van der Waals surface area contributed by atoms with Crippen LogP contribution in [0.2, 0.25) is 5.02 Å². The lowest BCUT2D eigenvalue weighted by atomic mass is 9.90. The quantitative estimate of drug-likeness (QED) is 0.0738. The molecule has 3 fully saturated rings. The van der Waals surface area contributed by atoms with E-state index in [-0.39, 0.29) is 90.4 Å². The molecule has 83 heavy (non-hydrogen) atoms. The molecule has 3 amide bonds. The number of likely N-dealkylation sites (tertiary alicyclic amines) is 2. The first-order valence-corrected chi connectivity index (χ1v) is 28.3. The summed E-state index contributed by atoms with van der Waals surface area (Å²) in [6.07, 6.45) is 0.0369. The standard InChI is InChI=1S/C60H66ClF3N12O7/c1-5-52(79)75-25-24-74(30-41(75)16-20-65)55-44-19-23-73(49-11-7-9-39-8-6-10-47(61)54(39)49)32-48(44)67-59(68-55)83-33-42-27-43(31-71(42)4)82-34-53(80)72-21-17-38(18-22-72)26-37-12-14-40(15-13-37)76-56(46-28-45(36(2)3)50(77)29-51(46)78)69-70-57(76)58(81)66-35-60(62,63)64/h5-15,28-29,36,38,41-43,77-78H,1,16-19,21-27,30-35H2,2-4H3,(H,66,81)/t41-,42-,43+/m0/s1. The molecule has 3 atom stereocenters. The Morgan fingerprint density at radius 1 is 0.940 bits per heavy atom. The van der Waals surface area contributed by atoms with Gasteiger partial charge in [-0.05, 0) is 104 Å². The first-order chi connectivity index (χ1) is 39.9. The number of phenolic OH excluding ortho intramolecular Hbond substituents is 2. The average Bonchev–Trinajstić information content (AvgIpc) is 4.33. The van der Waals surface area contributed by atoms with E-state index in [9.17, 15) is 43.0 Å². The van der Waals surface area contributed by atoms with Gasteiger partial charge in [0.05, 0.1) is 47.5 Å². The number of hydrogen-bond donors (Lipinski definition) is 3. The highest BCUT2D eigenvalue weighted by molar-refractivity contribution is 6.36. The van der Waals surface area contributed by atoms with Gasteiger partial charge in [-0.3, -0.25) is 23.9 Å². The molecule has 0 aliphatic carbocycles. The molecule has 19 nitrogen and oxygen atoms in total. The number of nitriles is 1. The molecule has 0 unspecified atom stereocenters. The molecule has 0 radical (unpaired) electrons. The number of benzene rings is 4. The number of aromatic nitrogens is 5. The Kier molecular flexibility index (Phi) is 17.4. The molecule has 0 bridgehead atoms. The van der Waals surface area contributed by atoms with Crippen molar-refractivity contribution in [1.82, 2.24) is 44.7 Å². The van der Waals surface area contributed by atoms with Crippen LogP contribution < -0.4 is 19.9 Å². The predicted molar refractivity (Wildman–Crippen MR) is 306 cm³/mol. The fourth-order valence-electron chi connectivity index (χ4n) is 11.8. The van der Waals surface area contributed by atoms with Crippen LogP contribution >= 0.6 is 11.6 Å². The van der Waals surface area contributed by atoms with Gasteiger partial charge in [-0.1, -0.05) is 68.4 Å². The van der Waals surface area contributed by atoms with Crippen molar-refractivity contribution in [3.05, 3.63) is 119 Å². The van der Waals surface area contributed by atoms with E-state index >= 15 is 0 Å². The number of likely N-dealkylation sites (N-methyl/N-ethyl adjacent to an activating group) is 1. The van der Waals surface area contributed by atoms with Crippen molar-refractivity contribution in [2.45, 2.75) is 89.2 Å². The first kappa shape index (κ1) is 58.2. The molecule has 23 heteroatoms. The topological polar surface area (TPSA) is 219 Å². The largest absolute Gasteiger partial charge is 0.508 e. The number of nitrogens with one attached hydrogen (secondary N) is 1. The highest BCUT2D eigenvalue weighted by atomic mass is 35.5. The number of piperidine rings is 1. The summed E-state index contributed by atoms with van der Waals surface area (Å²) in [6, 6.07) is 23.9. The van der Waals surface area contributed by atoms with Crippen molar-refractivity contribution in [3.8, 4) is 40.7 Å². The second kappa shape index (κ2) is 24.8. The summed E-state index contributed by atoms with van der Waals surface area (Å²) in [4.78, 5) is 59.8. The zero-order valence-corrected chi connectivity index (χ0v) is 47.2. The third-order valence-corrected chi connectivity index (χ3v) is 16.6. The average molecular weight is 1160 g/mol. The van der Waals surface area contributed by atoms with E-state index in [4.69, 9.17) is 31.0 Å². The molecule has 6 heterocycles. The van der Waals surface area contributed by atoms with Gasteiger partial charge in [-0.25, -0.2) is 0 Å². The molecule has 4 aromatic carbocycles. The van der Waals surface area contributed by atoms with Crippen LogP contribution in [0, 0.1) is 17.2 Å². The van der Waals surface area contributed by atoms with E-state index < -0.39 is 24.5 Å². The number of rotatable bonds is 17. The van der Waals surface area contributed by atoms with Crippen molar-refractivity contribution in [2.75, 3.05) is 82.4 Å². The van der Waals surface area contributed by atoms with Crippen molar-refractivity contribution in [2.24, 2.45) is 5.92 Å². The second-order valence-electron chi connectivity index (χ2n) is 22.1. The number of halogens is 4. The van der Waals surface area contributed by atoms with Crippen LogP contribution in [-0.4, -0.2) is 164 Å². The van der Waals surface area contributed by atoms with Crippen LogP contribution in [-0.2, 0) is 33.7 Å². The lowest BCUT2D eigenvalue weighted by Crippen LogP contribution is -2.55. The summed E-state index contributed by atoms with van der Waals surface area (Å²) < 4.78 is 53.5. The molecule has 6 aromatic rings. The summed E-state index contributed by atoms with van der Waals surface area (Å²) in [7, 11) is 2.00. The van der Waals surface area contributed by atoms with E-state index in [0.717, 1.165) is 58.0 Å². The lowest BCUT2D eigenvalue weighted by molar-refractivity contribution is -0.139. The molecular formula is C60H66ClF3N12O7. The van der Waals surface area contributed by atoms with Crippen molar-refractivity contribution in [3.63, 3.8) is 0 Å². The van der Waals surface area contributed by atoms with Gasteiger partial charge in [0, 0.05) is 80.2 Å². The van der Waals surface area contributed by atoms with Gasteiger partial charge in [0.25, 0.3) is 5.91 Å². The summed E-state index contributed by atoms with van der Waals surface area (Å²) in [5, 5.41) is 43.8. The smallest absolute Gasteiger partial charge is 0.405 e. The zero-order chi connectivity index (χ0) is 58.7. The summed E-state index contributed by atoms with van der Waals surface area (Å²) >= 11 is 6.80. The number of alkyl halides is 3. The molecule has 2 aromatic heterocycles. The van der Waals surface area contributed by atoms with E-state index in [1.165, 1.54) is 16.7 Å². The maximum Gasteiger partial charge on any atom is 0.405 e. The molecule has 0 spiro atoms. The third kappa shape index (κ3) is 13.0. The molecule has 3 N–H and O–H groups in total. The first-order valence-electron chi connectivity index (χ1n) is 27.9. The summed E-state index contributed by atoms with van der Waals surface area (Å²) in [6.45, 7) is 10.2. The Morgan fingerprint density at radius 2 is 1.70 bits per heavy atom. The van der Waals surface area contributed by atoms with Crippen molar-refractivity contribution in [1.29, 1.82) is 5.26 Å². The minimum absolute atomic E-state index is 0.00706. The highest BCUT2D eigenvalue weighted by Crippen LogP contribution is 2.40. The van der Waals surface area contributed by atoms with Crippen LogP contribution in [0.3, 0.4) is 0 Å². The van der Waals surface area contributed by atoms with Gasteiger partial charge in [-0.2, -0.15) is 28.4 Å². The number of aromatic hydroxyl groups is 2. The van der Waals surface area contributed by atoms with Crippen LogP contribution in [0.1, 0.15) is 78.5 Å². The fraction of sp³-hybridized carbons (Fsp3) is 0.433. The van der Waals surface area contributed by atoms with Gasteiger partial charge in [0.15, 0.2) is 5.82 Å². The number of phenols is 2. The van der Waals surface area contributed by atoms with Crippen LogP contribution in [0.5, 0.6) is 17.5 Å². The molecule has 10 rings (SSSR count). The molecular weight excluding hydrogens is 1090 g/mol. The number of carbonyl (C=O) groups is 3. The molecule has 0 saturated carbocycles. The SMILES string of the molecule is C=CC(=O)N1CCN(c2nc(OC[C@@H]3C[C@@H](OCC(=O)N4CCC(Cc5ccc(-n6c(C(=O)NCC(F)(F)F)nnc6-c6cc(C(C)C)c(O)cc6O)cc5)CC4)CN3C)nc3c2CCN(c2cccc4cccc(Cl)c24)C3)C[C@@H]1CC#N. The minimum atomic E-state index is -4.67. The Hall–Kier alpha value is -8.00. The summed E-state index contributed by atoms with van der Waals surface area (Å²) in [5.74, 6) is -1.52. The maximum absolute atomic E-state index is 13.6. The van der Waals surface area contributed by atoms with E-state index in [1.807, 2.05) is 73.6 Å². The van der Waals surface area contributed by atoms with E-state index in [2.05, 4.69) is 43.6 Å². The monoisotopic (exact) mass is 1160 g/mol. The third-order valence-electron chi connectivity index (χ3n) is 16.3. The Labute approximate surface area is 483 Å². The Balaban J connectivity index is 0.752. The van der Waals surface area contributed by atoms with Gasteiger partial charge < -0.3 is 44.6 Å². The molecule has 436 valence electrons. The molecule has 4 aliphatic heterocycles. The van der Waals surface area contributed by atoms with Crippen LogP contribution in [0.15, 0.2) is 85.5 Å². The maximum atomic E-state index is 13.6. The lowest BCUT2D eigenvalue weighted by Gasteiger charge is -2.42. The van der Waals surface area contributed by atoms with Crippen molar-refractivity contribution < 1.29 is 47.2 Å². The predicted octanol–water partition coefficient (Wildman–Crippen LogP) is 7.99. The highest BCUT2D eigenvalue weighted by Gasteiger charge is 2.37. The number of amides is 3. The summed E-state index contributed by atoms with van der Waals surface area (Å²) in [5.41, 5.74) is 4.77. The second-order valence-corrected chi connectivity index (χ2v) is 22.5.